The van der Waals surface area contributed by atoms with Gasteiger partial charge in [0.15, 0.2) is 0 Å². The number of hydrogen-bond acceptors (Lipinski definition) is 5. The van der Waals surface area contributed by atoms with Gasteiger partial charge in [0, 0.05) is 30.1 Å². The Labute approximate surface area is 173 Å². The number of hydrogen-bond donors (Lipinski definition) is 3. The molecule has 4 aromatic rings. The molecule has 0 fully saturated rings. The number of aromatic nitrogens is 4. The van der Waals surface area contributed by atoms with Crippen molar-refractivity contribution in [2.45, 2.75) is 24.7 Å². The topological polar surface area (TPSA) is 124 Å². The van der Waals surface area contributed by atoms with Crippen molar-refractivity contribution in [3.8, 4) is 0 Å². The van der Waals surface area contributed by atoms with Crippen LogP contribution in [0.3, 0.4) is 0 Å². The molecular formula is C20H22N6O3S. The Kier molecular flexibility index (Phi) is 5.27. The average Bonchev–Trinajstić information content (AvgIpc) is 3.39. The molecule has 0 saturated heterocycles. The molecular weight excluding hydrogens is 404 g/mol. The minimum atomic E-state index is -3.56. The second-order valence-electron chi connectivity index (χ2n) is 7.00. The fourth-order valence-electron chi connectivity index (χ4n) is 3.26. The molecule has 0 spiro atoms. The first-order valence-corrected chi connectivity index (χ1v) is 11.1. The number of fused-ring (bicyclic) bond motifs is 3. The molecule has 0 saturated carbocycles. The molecule has 9 nitrogen and oxygen atoms in total. The smallest absolute Gasteiger partial charge is 0.276 e. The summed E-state index contributed by atoms with van der Waals surface area (Å²) < 4.78 is 27.2. The van der Waals surface area contributed by atoms with E-state index in [0.717, 1.165) is 23.7 Å². The van der Waals surface area contributed by atoms with Crippen molar-refractivity contribution in [1.29, 1.82) is 0 Å². The van der Waals surface area contributed by atoms with Crippen molar-refractivity contribution in [2.75, 3.05) is 18.5 Å². The van der Waals surface area contributed by atoms with E-state index in [1.165, 1.54) is 17.0 Å². The molecule has 0 aliphatic heterocycles. The fraction of sp³-hybridized carbons (Fsp3) is 0.250. The zero-order valence-corrected chi connectivity index (χ0v) is 17.5. The first-order chi connectivity index (χ1) is 14.4. The molecule has 156 valence electrons. The number of carbonyl (C=O) groups is 1. The number of amides is 1. The minimum absolute atomic E-state index is 0.164. The average molecular weight is 427 g/mol. The van der Waals surface area contributed by atoms with Gasteiger partial charge in [0.2, 0.25) is 10.0 Å². The number of benzene rings is 2. The highest BCUT2D eigenvalue weighted by atomic mass is 32.2. The van der Waals surface area contributed by atoms with Crippen LogP contribution in [-0.4, -0.2) is 48.3 Å². The number of sulfonamides is 1. The monoisotopic (exact) mass is 426 g/mol. The number of H-pyrrole nitrogens is 2. The van der Waals surface area contributed by atoms with Crippen LogP contribution < -0.4 is 9.62 Å². The Balaban J connectivity index is 1.58. The van der Waals surface area contributed by atoms with Crippen molar-refractivity contribution in [3.05, 3.63) is 48.3 Å². The maximum absolute atomic E-state index is 13.1. The number of unbranched alkanes of at least 4 members (excludes halogenated alkanes) is 1. The van der Waals surface area contributed by atoms with Crippen LogP contribution in [-0.2, 0) is 10.0 Å². The van der Waals surface area contributed by atoms with E-state index in [-0.39, 0.29) is 10.8 Å². The van der Waals surface area contributed by atoms with Crippen LogP contribution in [0.2, 0.25) is 0 Å². The second-order valence-corrected chi connectivity index (χ2v) is 8.77. The fourth-order valence-corrected chi connectivity index (χ4v) is 4.33. The van der Waals surface area contributed by atoms with Crippen molar-refractivity contribution >= 4 is 43.4 Å². The van der Waals surface area contributed by atoms with E-state index in [4.69, 9.17) is 0 Å². The van der Waals surface area contributed by atoms with Gasteiger partial charge >= 0.3 is 0 Å². The summed E-state index contributed by atoms with van der Waals surface area (Å²) in [6.07, 6.45) is 3.35. The van der Waals surface area contributed by atoms with E-state index >= 15 is 0 Å². The third-order valence-corrected chi connectivity index (χ3v) is 6.50. The van der Waals surface area contributed by atoms with E-state index in [1.807, 2.05) is 19.1 Å². The summed E-state index contributed by atoms with van der Waals surface area (Å²) in [5.41, 5.74) is 2.43. The summed E-state index contributed by atoms with van der Waals surface area (Å²) in [6, 6.07) is 9.87. The Bertz CT molecular complexity index is 1310. The third-order valence-electron chi connectivity index (χ3n) is 5.02. The van der Waals surface area contributed by atoms with Gasteiger partial charge in [-0.05, 0) is 42.8 Å². The normalized spacial score (nSPS) is 11.9. The van der Waals surface area contributed by atoms with Crippen LogP contribution in [0.5, 0.6) is 0 Å². The highest BCUT2D eigenvalue weighted by molar-refractivity contribution is 7.89. The molecule has 0 radical (unpaired) electrons. The van der Waals surface area contributed by atoms with Gasteiger partial charge in [-0.25, -0.2) is 13.1 Å². The summed E-state index contributed by atoms with van der Waals surface area (Å²) in [6.45, 7) is 2.40. The molecule has 2 heterocycles. The number of aromatic amines is 2. The Morgan fingerprint density at radius 3 is 2.60 bits per heavy atom. The molecule has 0 atom stereocenters. The molecule has 0 aliphatic carbocycles. The van der Waals surface area contributed by atoms with Gasteiger partial charge in [0.05, 0.1) is 16.6 Å². The maximum Gasteiger partial charge on any atom is 0.276 e. The van der Waals surface area contributed by atoms with Crippen LogP contribution in [0.1, 0.15) is 30.3 Å². The van der Waals surface area contributed by atoms with Crippen LogP contribution in [0.4, 0.5) is 5.69 Å². The zero-order valence-electron chi connectivity index (χ0n) is 16.6. The Morgan fingerprint density at radius 2 is 1.87 bits per heavy atom. The zero-order chi connectivity index (χ0) is 21.3. The first-order valence-electron chi connectivity index (χ1n) is 9.60. The molecule has 10 heteroatoms. The van der Waals surface area contributed by atoms with Crippen molar-refractivity contribution < 1.29 is 13.2 Å². The van der Waals surface area contributed by atoms with Gasteiger partial charge in [-0.1, -0.05) is 13.3 Å². The molecule has 0 unspecified atom stereocenters. The van der Waals surface area contributed by atoms with E-state index in [2.05, 4.69) is 25.1 Å². The number of nitrogens with zero attached hydrogens (tertiary/aromatic N) is 3. The number of rotatable bonds is 7. The van der Waals surface area contributed by atoms with Crippen molar-refractivity contribution in [1.82, 2.24) is 25.1 Å². The lowest BCUT2D eigenvalue weighted by atomic mass is 10.1. The highest BCUT2D eigenvalue weighted by Crippen LogP contribution is 2.26. The lowest BCUT2D eigenvalue weighted by molar-refractivity contribution is 0.0989. The van der Waals surface area contributed by atoms with Gasteiger partial charge in [0.1, 0.15) is 11.2 Å². The van der Waals surface area contributed by atoms with Crippen LogP contribution in [0, 0.1) is 0 Å². The van der Waals surface area contributed by atoms with Crippen LogP contribution in [0.25, 0.3) is 21.8 Å². The lowest BCUT2D eigenvalue weighted by Gasteiger charge is -2.17. The Morgan fingerprint density at radius 1 is 1.10 bits per heavy atom. The quantitative estimate of drug-likeness (QED) is 0.392. The molecule has 30 heavy (non-hydrogen) atoms. The number of anilines is 1. The molecule has 2 aromatic carbocycles. The van der Waals surface area contributed by atoms with Crippen molar-refractivity contribution in [2.24, 2.45) is 0 Å². The standard InChI is InChI=1S/C20H22N6O3S/c1-3-4-11-22-30(28,29)14-7-5-13(6-8-14)26(2)20(27)19-15-9-10-17-16(12-21-23-17)18(15)24-25-19/h5-10,12,22H,3-4,11H2,1-2H3,(H,21,23)(H,24,25). The summed E-state index contributed by atoms with van der Waals surface area (Å²) >= 11 is 0. The van der Waals surface area contributed by atoms with Gasteiger partial charge in [0.25, 0.3) is 5.91 Å². The summed E-state index contributed by atoms with van der Waals surface area (Å²) in [4.78, 5) is 14.7. The maximum atomic E-state index is 13.1. The molecule has 2 aromatic heterocycles. The largest absolute Gasteiger partial charge is 0.310 e. The summed E-state index contributed by atoms with van der Waals surface area (Å²) in [5, 5.41) is 15.5. The molecule has 3 N–H and O–H groups in total. The SMILES string of the molecule is CCCCNS(=O)(=O)c1ccc(N(C)C(=O)c2[nH]nc3c2ccc2[nH]ncc23)cc1. The van der Waals surface area contributed by atoms with E-state index in [9.17, 15) is 13.2 Å². The van der Waals surface area contributed by atoms with Gasteiger partial charge < -0.3 is 4.90 Å². The minimum Gasteiger partial charge on any atom is -0.310 e. The predicted octanol–water partition coefficient (Wildman–Crippen LogP) is 2.79. The predicted molar refractivity (Wildman–Crippen MR) is 115 cm³/mol. The van der Waals surface area contributed by atoms with Gasteiger partial charge in [-0.2, -0.15) is 10.2 Å². The second kappa shape index (κ2) is 7.88. The van der Waals surface area contributed by atoms with E-state index < -0.39 is 10.0 Å². The summed E-state index contributed by atoms with van der Waals surface area (Å²) in [5.74, 6) is -0.281. The molecule has 1 amide bonds. The van der Waals surface area contributed by atoms with E-state index in [1.54, 1.807) is 25.4 Å². The number of carbonyl (C=O) groups excluding carboxylic acids is 1. The van der Waals surface area contributed by atoms with Gasteiger partial charge in [-0.15, -0.1) is 0 Å². The molecule has 0 bridgehead atoms. The lowest BCUT2D eigenvalue weighted by Crippen LogP contribution is -2.27. The molecule has 0 aliphatic rings. The van der Waals surface area contributed by atoms with Crippen LogP contribution >= 0.6 is 0 Å². The van der Waals surface area contributed by atoms with Crippen LogP contribution in [0.15, 0.2) is 47.5 Å². The van der Waals surface area contributed by atoms with Gasteiger partial charge in [-0.3, -0.25) is 15.0 Å². The highest BCUT2D eigenvalue weighted by Gasteiger charge is 2.21. The van der Waals surface area contributed by atoms with E-state index in [0.29, 0.717) is 28.8 Å². The first kappa shape index (κ1) is 20.0. The summed E-state index contributed by atoms with van der Waals surface area (Å²) in [7, 11) is -1.93. The van der Waals surface area contributed by atoms with Crippen molar-refractivity contribution in [3.63, 3.8) is 0 Å². The number of nitrogens with one attached hydrogen (secondary N) is 3. The molecule has 4 rings (SSSR count). The third kappa shape index (κ3) is 3.55. The Hall–Kier alpha value is -3.24.